The summed E-state index contributed by atoms with van der Waals surface area (Å²) in [4.78, 5) is 30.9. The van der Waals surface area contributed by atoms with E-state index in [9.17, 15) is 9.59 Å². The molecule has 1 amide bonds. The van der Waals surface area contributed by atoms with Gasteiger partial charge in [0.15, 0.2) is 0 Å². The monoisotopic (exact) mass is 484 g/mol. The quantitative estimate of drug-likeness (QED) is 0.564. The summed E-state index contributed by atoms with van der Waals surface area (Å²) in [7, 11) is 2.01. The molecular weight excluding hydrogens is 444 g/mol. The van der Waals surface area contributed by atoms with E-state index in [1.54, 1.807) is 23.7 Å². The number of carbonyl (C=O) groups is 2. The van der Waals surface area contributed by atoms with Crippen LogP contribution in [0, 0.1) is 0 Å². The molecule has 2 atom stereocenters. The van der Waals surface area contributed by atoms with Gasteiger partial charge in [-0.3, -0.25) is 9.78 Å². The smallest absolute Gasteiger partial charge is 0.247 e. The van der Waals surface area contributed by atoms with Crippen LogP contribution in [0.1, 0.15) is 82.2 Å². The van der Waals surface area contributed by atoms with Gasteiger partial charge in [-0.1, -0.05) is 46.1 Å². The second-order valence-electron chi connectivity index (χ2n) is 10.4. The van der Waals surface area contributed by atoms with Gasteiger partial charge in [0.05, 0.1) is 11.0 Å². The Morgan fingerprint density at radius 3 is 2.47 bits per heavy atom. The molecule has 1 saturated heterocycles. The van der Waals surface area contributed by atoms with Crippen molar-refractivity contribution in [3.05, 3.63) is 47.1 Å². The van der Waals surface area contributed by atoms with Crippen LogP contribution in [0.15, 0.2) is 36.7 Å². The van der Waals surface area contributed by atoms with Crippen molar-refractivity contribution in [1.82, 2.24) is 15.6 Å². The average molecular weight is 485 g/mol. The first-order valence-corrected chi connectivity index (χ1v) is 13.3. The number of amides is 1. The van der Waals surface area contributed by atoms with Crippen molar-refractivity contribution in [2.75, 3.05) is 18.5 Å². The Morgan fingerprint density at radius 2 is 1.94 bits per heavy atom. The third kappa shape index (κ3) is 7.37. The largest absolute Gasteiger partial charge is 0.351 e. The Morgan fingerprint density at radius 1 is 1.18 bits per heavy atom. The van der Waals surface area contributed by atoms with Gasteiger partial charge in [0.1, 0.15) is 12.3 Å². The topological polar surface area (TPSA) is 74.3 Å². The molecule has 0 aromatic carbocycles. The number of carbonyl (C=O) groups excluding carboxylic acids is 2. The van der Waals surface area contributed by atoms with Gasteiger partial charge in [-0.2, -0.15) is 0 Å². The second-order valence-corrected chi connectivity index (χ2v) is 11.4. The molecule has 2 aromatic rings. The number of nitrogens with zero attached hydrogens (tertiary/aromatic N) is 2. The van der Waals surface area contributed by atoms with E-state index in [4.69, 9.17) is 0 Å². The molecule has 1 saturated carbocycles. The third-order valence-electron chi connectivity index (χ3n) is 6.53. The number of pyridine rings is 1. The van der Waals surface area contributed by atoms with Gasteiger partial charge in [0, 0.05) is 35.9 Å². The zero-order valence-electron chi connectivity index (χ0n) is 21.0. The van der Waals surface area contributed by atoms with Crippen LogP contribution in [-0.4, -0.2) is 42.9 Å². The van der Waals surface area contributed by atoms with E-state index in [-0.39, 0.29) is 23.4 Å². The predicted molar refractivity (Wildman–Crippen MR) is 141 cm³/mol. The van der Waals surface area contributed by atoms with E-state index in [0.717, 1.165) is 49.1 Å². The molecule has 2 unspecified atom stereocenters. The molecule has 7 heteroatoms. The summed E-state index contributed by atoms with van der Waals surface area (Å²) in [6.07, 6.45) is 12.6. The van der Waals surface area contributed by atoms with Gasteiger partial charge < -0.3 is 20.3 Å². The first-order chi connectivity index (χ1) is 16.3. The number of nitrogens with one attached hydrogen (secondary N) is 2. The molecule has 0 spiro atoms. The Kier molecular flexibility index (Phi) is 9.65. The third-order valence-corrected chi connectivity index (χ3v) is 8.13. The minimum atomic E-state index is -0.368. The highest BCUT2D eigenvalue weighted by molar-refractivity contribution is 7.16. The summed E-state index contributed by atoms with van der Waals surface area (Å²) in [5.41, 5.74) is 1.04. The Labute approximate surface area is 208 Å². The first-order valence-electron chi connectivity index (χ1n) is 12.5. The minimum Gasteiger partial charge on any atom is -0.351 e. The van der Waals surface area contributed by atoms with Gasteiger partial charge in [-0.05, 0) is 55.8 Å². The van der Waals surface area contributed by atoms with Crippen LogP contribution in [0.25, 0.3) is 0 Å². The van der Waals surface area contributed by atoms with E-state index in [2.05, 4.69) is 53.4 Å². The molecule has 0 bridgehead atoms. The Bertz CT molecular complexity index is 897. The second kappa shape index (κ2) is 12.5. The number of hydrogen-bond acceptors (Lipinski definition) is 6. The molecule has 2 aromatic heterocycles. The van der Waals surface area contributed by atoms with Crippen LogP contribution in [0.3, 0.4) is 0 Å². The fourth-order valence-electron chi connectivity index (χ4n) is 4.49. The minimum absolute atomic E-state index is 0.0723. The van der Waals surface area contributed by atoms with Crippen LogP contribution in [-0.2, 0) is 15.0 Å². The molecule has 2 aliphatic rings. The molecular formula is C27H40N4O2S. The number of rotatable bonds is 6. The standard InChI is InChI=1S/C22H31N3OS.C5H9NO/c1-22(2,3)18-12-13-19(27-18)25(4)20(16-9-8-14-23-15-16)21(26)24-17-10-6-5-7-11-17;7-4-5-2-1-3-6-5/h8-9,12-15,17,20H,5-7,10-11H2,1-4H3,(H,24,26);4-6H,1-3H2. The van der Waals surface area contributed by atoms with Gasteiger partial charge in [0.2, 0.25) is 5.91 Å². The normalized spacial score (nSPS) is 19.6. The van der Waals surface area contributed by atoms with Crippen molar-refractivity contribution in [2.24, 2.45) is 0 Å². The Balaban J connectivity index is 0.000000396. The lowest BCUT2D eigenvalue weighted by Crippen LogP contribution is -2.44. The average Bonchev–Trinajstić information content (AvgIpc) is 3.53. The van der Waals surface area contributed by atoms with Crippen molar-refractivity contribution in [3.63, 3.8) is 0 Å². The van der Waals surface area contributed by atoms with Gasteiger partial charge in [0.25, 0.3) is 0 Å². The van der Waals surface area contributed by atoms with Gasteiger partial charge in [-0.15, -0.1) is 11.3 Å². The summed E-state index contributed by atoms with van der Waals surface area (Å²) in [5, 5.41) is 7.44. The molecule has 186 valence electrons. The molecule has 34 heavy (non-hydrogen) atoms. The number of likely N-dealkylation sites (N-methyl/N-ethyl adjacent to an activating group) is 1. The fourth-order valence-corrected chi connectivity index (χ4v) is 5.54. The highest BCUT2D eigenvalue weighted by Gasteiger charge is 2.29. The van der Waals surface area contributed by atoms with E-state index in [1.807, 2.05) is 19.2 Å². The van der Waals surface area contributed by atoms with E-state index in [0.29, 0.717) is 6.04 Å². The summed E-state index contributed by atoms with van der Waals surface area (Å²) in [5.74, 6) is 0.0723. The molecule has 6 nitrogen and oxygen atoms in total. The number of anilines is 1. The van der Waals surface area contributed by atoms with Gasteiger partial charge >= 0.3 is 0 Å². The zero-order valence-corrected chi connectivity index (χ0v) is 21.9. The summed E-state index contributed by atoms with van der Waals surface area (Å²) < 4.78 is 0. The van der Waals surface area contributed by atoms with Crippen molar-refractivity contribution in [3.8, 4) is 0 Å². The van der Waals surface area contributed by atoms with Crippen molar-refractivity contribution >= 4 is 28.5 Å². The molecule has 3 heterocycles. The van der Waals surface area contributed by atoms with Crippen LogP contribution in [0.4, 0.5) is 5.00 Å². The highest BCUT2D eigenvalue weighted by Crippen LogP contribution is 2.37. The molecule has 4 rings (SSSR count). The predicted octanol–water partition coefficient (Wildman–Crippen LogP) is 5.00. The number of hydrogen-bond donors (Lipinski definition) is 2. The maximum Gasteiger partial charge on any atom is 0.247 e. The van der Waals surface area contributed by atoms with Crippen LogP contribution >= 0.6 is 11.3 Å². The molecule has 2 fully saturated rings. The zero-order chi connectivity index (χ0) is 24.6. The van der Waals surface area contributed by atoms with E-state index in [1.165, 1.54) is 24.1 Å². The summed E-state index contributed by atoms with van der Waals surface area (Å²) >= 11 is 1.76. The summed E-state index contributed by atoms with van der Waals surface area (Å²) in [6, 6.07) is 8.30. The SMILES string of the molecule is CN(c1ccc(C(C)(C)C)s1)C(C(=O)NC1CCCCC1)c1cccnc1.O=CC1CCCN1. The fraction of sp³-hybridized carbons (Fsp3) is 0.593. The van der Waals surface area contributed by atoms with Crippen LogP contribution in [0.2, 0.25) is 0 Å². The van der Waals surface area contributed by atoms with Crippen LogP contribution in [0.5, 0.6) is 0 Å². The lowest BCUT2D eigenvalue weighted by molar-refractivity contribution is -0.123. The van der Waals surface area contributed by atoms with Crippen molar-refractivity contribution < 1.29 is 9.59 Å². The van der Waals surface area contributed by atoms with Crippen molar-refractivity contribution in [2.45, 2.75) is 89.3 Å². The van der Waals surface area contributed by atoms with Gasteiger partial charge in [-0.25, -0.2) is 0 Å². The summed E-state index contributed by atoms with van der Waals surface area (Å²) in [6.45, 7) is 7.67. The molecule has 0 radical (unpaired) electrons. The number of thiophene rings is 1. The Hall–Kier alpha value is -2.25. The van der Waals surface area contributed by atoms with Crippen molar-refractivity contribution in [1.29, 1.82) is 0 Å². The molecule has 1 aliphatic carbocycles. The van der Waals surface area contributed by atoms with Crippen LogP contribution < -0.4 is 15.5 Å². The maximum atomic E-state index is 13.3. The number of aldehydes is 1. The van der Waals surface area contributed by atoms with E-state index >= 15 is 0 Å². The lowest BCUT2D eigenvalue weighted by Gasteiger charge is -2.31. The highest BCUT2D eigenvalue weighted by atomic mass is 32.1. The first kappa shape index (κ1) is 26.4. The van der Waals surface area contributed by atoms with E-state index < -0.39 is 0 Å². The maximum absolute atomic E-state index is 13.3. The lowest BCUT2D eigenvalue weighted by atomic mass is 9.95. The number of aromatic nitrogens is 1. The molecule has 1 aliphatic heterocycles. The molecule has 2 N–H and O–H groups in total.